The summed E-state index contributed by atoms with van der Waals surface area (Å²) in [6.07, 6.45) is 13.2. The highest BCUT2D eigenvalue weighted by atomic mass is 16.6. The number of para-hydroxylation sites is 1. The number of hydrogen-bond acceptors (Lipinski definition) is 3. The van der Waals surface area contributed by atoms with Gasteiger partial charge >= 0.3 is 5.97 Å². The van der Waals surface area contributed by atoms with Crippen molar-refractivity contribution in [2.24, 2.45) is 17.3 Å². The zero-order valence-electron chi connectivity index (χ0n) is 18.1. The molecule has 1 N–H and O–H groups in total. The molecule has 162 valence electrons. The first-order valence-electron chi connectivity index (χ1n) is 11.8. The number of carboxylic acid groups (broad SMARTS) is 1. The van der Waals surface area contributed by atoms with Gasteiger partial charge in [-0.3, -0.25) is 0 Å². The maximum absolute atomic E-state index is 11.6. The normalized spacial score (nSPS) is 35.6. The average molecular weight is 411 g/mol. The first-order valence-corrected chi connectivity index (χ1v) is 11.8. The molecule has 0 aromatic heterocycles. The fraction of sp³-hybridized carbons (Fsp3) is 0.654. The molecule has 0 spiro atoms. The molecular weight excluding hydrogens is 376 g/mol. The summed E-state index contributed by atoms with van der Waals surface area (Å²) in [7, 11) is 0. The van der Waals surface area contributed by atoms with E-state index in [4.69, 9.17) is 9.47 Å². The summed E-state index contributed by atoms with van der Waals surface area (Å²) >= 11 is 0. The van der Waals surface area contributed by atoms with Crippen LogP contribution >= 0.6 is 0 Å². The van der Waals surface area contributed by atoms with E-state index in [9.17, 15) is 9.90 Å². The van der Waals surface area contributed by atoms with Crippen molar-refractivity contribution in [3.63, 3.8) is 0 Å². The maximum Gasteiger partial charge on any atom is 0.335 e. The molecule has 5 atom stereocenters. The van der Waals surface area contributed by atoms with Crippen LogP contribution in [0.3, 0.4) is 0 Å². The maximum atomic E-state index is 11.6. The van der Waals surface area contributed by atoms with Crippen LogP contribution in [0.4, 0.5) is 0 Å². The highest BCUT2D eigenvalue weighted by Gasteiger charge is 2.49. The monoisotopic (exact) mass is 410 g/mol. The summed E-state index contributed by atoms with van der Waals surface area (Å²) in [6, 6.07) is 5.73. The molecular formula is C26H34O4. The molecule has 0 bridgehead atoms. The summed E-state index contributed by atoms with van der Waals surface area (Å²) in [4.78, 5) is 11.6. The largest absolute Gasteiger partial charge is 0.489 e. The van der Waals surface area contributed by atoms with Crippen molar-refractivity contribution in [2.75, 3.05) is 0 Å². The Hall–Kier alpha value is -1.81. The Morgan fingerprint density at radius 3 is 2.77 bits per heavy atom. The van der Waals surface area contributed by atoms with Gasteiger partial charge in [0.1, 0.15) is 18.0 Å². The Morgan fingerprint density at radius 2 is 2.00 bits per heavy atom. The predicted octanol–water partition coefficient (Wildman–Crippen LogP) is 6.15. The van der Waals surface area contributed by atoms with E-state index in [2.05, 4.69) is 13.5 Å². The minimum Gasteiger partial charge on any atom is -0.489 e. The van der Waals surface area contributed by atoms with Gasteiger partial charge in [0.15, 0.2) is 0 Å². The molecule has 0 amide bonds. The molecule has 1 aromatic rings. The van der Waals surface area contributed by atoms with E-state index in [1.54, 1.807) is 0 Å². The van der Waals surface area contributed by atoms with Crippen LogP contribution in [0.2, 0.25) is 0 Å². The van der Waals surface area contributed by atoms with Gasteiger partial charge in [-0.25, -0.2) is 4.79 Å². The highest BCUT2D eigenvalue weighted by Crippen LogP contribution is 2.54. The number of carbonyl (C=O) groups is 1. The topological polar surface area (TPSA) is 59.1 Å². The van der Waals surface area contributed by atoms with Crippen LogP contribution < -0.4 is 4.74 Å². The number of benzene rings is 1. The Morgan fingerprint density at radius 1 is 1.20 bits per heavy atom. The van der Waals surface area contributed by atoms with Crippen molar-refractivity contribution in [3.05, 3.63) is 35.9 Å². The standard InChI is InChI=1S/C26H34O4/c1-16(25(27)28)19-10-5-11-20-23(19)29-21(13-22-24(20)30-22)18-9-6-12-26(2,15-18)14-17-7-3-4-8-17/h5,10-11,17-18,21-22,24H,1,3-4,6-9,12-15H2,2H3,(H,27,28)/t18?,21?,22?,24?,26-/m0/s1. The summed E-state index contributed by atoms with van der Waals surface area (Å²) in [6.45, 7) is 6.30. The molecule has 0 radical (unpaired) electrons. The number of rotatable bonds is 5. The van der Waals surface area contributed by atoms with Gasteiger partial charge in [0.2, 0.25) is 0 Å². The van der Waals surface area contributed by atoms with Crippen LogP contribution in [0.1, 0.15) is 88.4 Å². The molecule has 2 heterocycles. The third-order valence-electron chi connectivity index (χ3n) is 8.14. The summed E-state index contributed by atoms with van der Waals surface area (Å²) < 4.78 is 12.7. The van der Waals surface area contributed by atoms with Crippen LogP contribution in [-0.4, -0.2) is 23.3 Å². The lowest BCUT2D eigenvalue weighted by Gasteiger charge is -2.42. The van der Waals surface area contributed by atoms with Crippen molar-refractivity contribution < 1.29 is 19.4 Å². The van der Waals surface area contributed by atoms with E-state index in [-0.39, 0.29) is 23.9 Å². The van der Waals surface area contributed by atoms with E-state index >= 15 is 0 Å². The minimum atomic E-state index is -0.997. The van der Waals surface area contributed by atoms with Crippen molar-refractivity contribution >= 4 is 11.5 Å². The third kappa shape index (κ3) is 3.79. The molecule has 2 aliphatic heterocycles. The van der Waals surface area contributed by atoms with Gasteiger partial charge in [-0.15, -0.1) is 0 Å². The van der Waals surface area contributed by atoms with E-state index in [1.807, 2.05) is 18.2 Å². The fourth-order valence-electron chi connectivity index (χ4n) is 6.62. The van der Waals surface area contributed by atoms with Crippen LogP contribution in [0.5, 0.6) is 5.75 Å². The first-order chi connectivity index (χ1) is 14.4. The van der Waals surface area contributed by atoms with Crippen molar-refractivity contribution in [1.82, 2.24) is 0 Å². The van der Waals surface area contributed by atoms with Crippen LogP contribution in [0, 0.1) is 17.3 Å². The van der Waals surface area contributed by atoms with Crippen molar-refractivity contribution in [2.45, 2.75) is 89.4 Å². The quantitative estimate of drug-likeness (QED) is 0.467. The zero-order chi connectivity index (χ0) is 20.9. The second-order valence-corrected chi connectivity index (χ2v) is 10.5. The van der Waals surface area contributed by atoms with Gasteiger partial charge in [0.25, 0.3) is 0 Å². The van der Waals surface area contributed by atoms with Crippen LogP contribution in [0.15, 0.2) is 24.8 Å². The summed E-state index contributed by atoms with van der Waals surface area (Å²) in [5.41, 5.74) is 2.10. The van der Waals surface area contributed by atoms with E-state index in [0.717, 1.165) is 17.9 Å². The SMILES string of the molecule is C=C(C(=O)O)c1cccc2c1OC(C1CCC[C@@](C)(CC3CCCC3)C1)CC1OC21. The summed E-state index contributed by atoms with van der Waals surface area (Å²) in [5.74, 6) is 1.11. The summed E-state index contributed by atoms with van der Waals surface area (Å²) in [5, 5.41) is 9.52. The lowest BCUT2D eigenvalue weighted by molar-refractivity contribution is -0.130. The van der Waals surface area contributed by atoms with Gasteiger partial charge in [-0.05, 0) is 42.9 Å². The lowest BCUT2D eigenvalue weighted by atomic mass is 9.65. The van der Waals surface area contributed by atoms with E-state index in [0.29, 0.717) is 22.6 Å². The highest BCUT2D eigenvalue weighted by molar-refractivity contribution is 6.15. The molecule has 4 unspecified atom stereocenters. The van der Waals surface area contributed by atoms with E-state index < -0.39 is 5.97 Å². The molecule has 1 saturated heterocycles. The van der Waals surface area contributed by atoms with Gasteiger partial charge in [0, 0.05) is 17.5 Å². The number of epoxide rings is 1. The van der Waals surface area contributed by atoms with E-state index in [1.165, 1.54) is 57.8 Å². The lowest BCUT2D eigenvalue weighted by Crippen LogP contribution is -2.37. The Balaban J connectivity index is 1.38. The molecule has 5 rings (SSSR count). The number of aliphatic carboxylic acids is 1. The molecule has 4 nitrogen and oxygen atoms in total. The second kappa shape index (κ2) is 7.71. The van der Waals surface area contributed by atoms with Gasteiger partial charge < -0.3 is 14.6 Å². The first kappa shape index (κ1) is 20.1. The Bertz CT molecular complexity index is 839. The Labute approximate surface area is 179 Å². The predicted molar refractivity (Wildman–Crippen MR) is 116 cm³/mol. The molecule has 30 heavy (non-hydrogen) atoms. The van der Waals surface area contributed by atoms with Crippen molar-refractivity contribution in [1.29, 1.82) is 0 Å². The van der Waals surface area contributed by atoms with Crippen LogP contribution in [0.25, 0.3) is 5.57 Å². The number of hydrogen-bond donors (Lipinski definition) is 1. The van der Waals surface area contributed by atoms with Crippen LogP contribution in [-0.2, 0) is 9.53 Å². The van der Waals surface area contributed by atoms with Gasteiger partial charge in [0.05, 0.1) is 11.7 Å². The second-order valence-electron chi connectivity index (χ2n) is 10.5. The zero-order valence-corrected chi connectivity index (χ0v) is 18.1. The molecule has 4 aliphatic rings. The molecule has 2 saturated carbocycles. The molecule has 4 heteroatoms. The number of ether oxygens (including phenoxy) is 2. The smallest absolute Gasteiger partial charge is 0.335 e. The number of carboxylic acids is 1. The molecule has 3 fully saturated rings. The van der Waals surface area contributed by atoms with Crippen molar-refractivity contribution in [3.8, 4) is 5.75 Å². The van der Waals surface area contributed by atoms with Gasteiger partial charge in [-0.1, -0.05) is 63.8 Å². The fourth-order valence-corrected chi connectivity index (χ4v) is 6.62. The molecule has 2 aliphatic carbocycles. The molecule has 1 aromatic carbocycles. The average Bonchev–Trinajstić information content (AvgIpc) is 3.33. The minimum absolute atomic E-state index is 0.0417. The Kier molecular flexibility index (Phi) is 5.17. The third-order valence-corrected chi connectivity index (χ3v) is 8.14. The van der Waals surface area contributed by atoms with Gasteiger partial charge in [-0.2, -0.15) is 0 Å². The number of fused-ring (bicyclic) bond motifs is 3.